The molecule has 0 amide bonds. The molecule has 30 heavy (non-hydrogen) atoms. The van der Waals surface area contributed by atoms with E-state index < -0.39 is 8.32 Å². The maximum atomic E-state index is 12.3. The SMILES string of the molecule is CCCC1C=CC2=C(COC2=O)N1[C@@H](CO[Si](C)(C)C(C)(C)C)Cc1ccccc1. The molecular formula is C25H37NO3Si. The van der Waals surface area contributed by atoms with E-state index in [2.05, 4.69) is 82.1 Å². The van der Waals surface area contributed by atoms with Gasteiger partial charge in [-0.05, 0) is 42.6 Å². The van der Waals surface area contributed by atoms with Crippen molar-refractivity contribution in [2.45, 2.75) is 77.2 Å². The van der Waals surface area contributed by atoms with Crippen LogP contribution in [0.3, 0.4) is 0 Å². The molecule has 0 fully saturated rings. The van der Waals surface area contributed by atoms with Gasteiger partial charge in [-0.2, -0.15) is 0 Å². The van der Waals surface area contributed by atoms with Gasteiger partial charge in [0.05, 0.1) is 23.9 Å². The summed E-state index contributed by atoms with van der Waals surface area (Å²) in [6, 6.07) is 11.0. The number of benzene rings is 1. The van der Waals surface area contributed by atoms with Gasteiger partial charge in [0.1, 0.15) is 6.61 Å². The van der Waals surface area contributed by atoms with Gasteiger partial charge in [-0.1, -0.05) is 70.5 Å². The van der Waals surface area contributed by atoms with E-state index in [-0.39, 0.29) is 23.1 Å². The summed E-state index contributed by atoms with van der Waals surface area (Å²) < 4.78 is 12.1. The van der Waals surface area contributed by atoms with Crippen molar-refractivity contribution in [3.05, 3.63) is 59.3 Å². The van der Waals surface area contributed by atoms with Crippen molar-refractivity contribution in [3.63, 3.8) is 0 Å². The van der Waals surface area contributed by atoms with Crippen molar-refractivity contribution in [2.24, 2.45) is 0 Å². The number of carbonyl (C=O) groups excluding carboxylic acids is 1. The molecule has 0 aromatic heterocycles. The van der Waals surface area contributed by atoms with E-state index in [4.69, 9.17) is 9.16 Å². The summed E-state index contributed by atoms with van der Waals surface area (Å²) in [5.74, 6) is -0.204. The van der Waals surface area contributed by atoms with Crippen molar-refractivity contribution < 1.29 is 14.0 Å². The molecule has 0 saturated heterocycles. The smallest absolute Gasteiger partial charge is 0.340 e. The fourth-order valence-electron chi connectivity index (χ4n) is 3.95. The zero-order valence-electron chi connectivity index (χ0n) is 19.4. The molecule has 0 saturated carbocycles. The zero-order chi connectivity index (χ0) is 21.9. The Morgan fingerprint density at radius 1 is 1.23 bits per heavy atom. The molecule has 2 aliphatic heterocycles. The minimum atomic E-state index is -1.89. The van der Waals surface area contributed by atoms with Crippen LogP contribution < -0.4 is 0 Å². The molecular weight excluding hydrogens is 390 g/mol. The van der Waals surface area contributed by atoms with Gasteiger partial charge >= 0.3 is 5.97 Å². The molecule has 1 aromatic carbocycles. The standard InChI is InChI=1S/C25H37NO3Si/c1-7-11-20-14-15-22-23(18-28-24(22)27)26(20)21(16-19-12-9-8-10-13-19)17-29-30(5,6)25(2,3)4/h8-10,12-15,20-21H,7,11,16-18H2,1-6H3/t20?,21-/m1/s1. The molecule has 164 valence electrons. The maximum absolute atomic E-state index is 12.3. The minimum Gasteiger partial charge on any atom is -0.456 e. The molecule has 2 aliphatic rings. The Morgan fingerprint density at radius 2 is 1.93 bits per heavy atom. The maximum Gasteiger partial charge on any atom is 0.340 e. The third kappa shape index (κ3) is 4.89. The van der Waals surface area contributed by atoms with Crippen LogP contribution in [0, 0.1) is 0 Å². The van der Waals surface area contributed by atoms with Gasteiger partial charge in [0.25, 0.3) is 0 Å². The highest BCUT2D eigenvalue weighted by Gasteiger charge is 2.40. The number of cyclic esters (lactones) is 1. The van der Waals surface area contributed by atoms with Gasteiger partial charge < -0.3 is 14.1 Å². The Balaban J connectivity index is 1.93. The molecule has 0 radical (unpaired) electrons. The Hall–Kier alpha value is -1.85. The van der Waals surface area contributed by atoms with Crippen LogP contribution in [0.1, 0.15) is 46.1 Å². The van der Waals surface area contributed by atoms with Crippen molar-refractivity contribution in [2.75, 3.05) is 13.2 Å². The van der Waals surface area contributed by atoms with Gasteiger partial charge in [-0.15, -0.1) is 0 Å². The lowest BCUT2D eigenvalue weighted by Gasteiger charge is -2.44. The summed E-state index contributed by atoms with van der Waals surface area (Å²) in [6.07, 6.45) is 7.17. The molecule has 1 unspecified atom stereocenters. The summed E-state index contributed by atoms with van der Waals surface area (Å²) in [5, 5.41) is 0.159. The lowest BCUT2D eigenvalue weighted by molar-refractivity contribution is -0.135. The molecule has 5 heteroatoms. The van der Waals surface area contributed by atoms with Crippen LogP contribution >= 0.6 is 0 Å². The Kier molecular flexibility index (Phi) is 6.93. The van der Waals surface area contributed by atoms with E-state index in [0.717, 1.165) is 25.0 Å². The van der Waals surface area contributed by atoms with Crippen LogP contribution in [-0.2, 0) is 20.4 Å². The summed E-state index contributed by atoms with van der Waals surface area (Å²) in [7, 11) is -1.89. The fraction of sp³-hybridized carbons (Fsp3) is 0.560. The predicted octanol–water partition coefficient (Wildman–Crippen LogP) is 5.47. The second-order valence-corrected chi connectivity index (χ2v) is 14.8. The summed E-state index contributed by atoms with van der Waals surface area (Å²) in [5.41, 5.74) is 3.03. The lowest BCUT2D eigenvalue weighted by atomic mass is 9.96. The van der Waals surface area contributed by atoms with Gasteiger partial charge in [0.15, 0.2) is 8.32 Å². The second-order valence-electron chi connectivity index (χ2n) is 9.97. The van der Waals surface area contributed by atoms with Crippen molar-refractivity contribution in [1.82, 2.24) is 4.90 Å². The number of esters is 1. The highest BCUT2D eigenvalue weighted by molar-refractivity contribution is 6.74. The third-order valence-electron chi connectivity index (χ3n) is 6.76. The first-order chi connectivity index (χ1) is 14.1. The van der Waals surface area contributed by atoms with Gasteiger partial charge in [0.2, 0.25) is 0 Å². The van der Waals surface area contributed by atoms with E-state index in [9.17, 15) is 4.79 Å². The molecule has 0 bridgehead atoms. The van der Waals surface area contributed by atoms with E-state index in [0.29, 0.717) is 18.8 Å². The summed E-state index contributed by atoms with van der Waals surface area (Å²) in [6.45, 7) is 14.7. The molecule has 0 aliphatic carbocycles. The molecule has 2 heterocycles. The van der Waals surface area contributed by atoms with E-state index >= 15 is 0 Å². The summed E-state index contributed by atoms with van der Waals surface area (Å²) >= 11 is 0. The number of ether oxygens (including phenoxy) is 1. The van der Waals surface area contributed by atoms with Crippen LogP contribution in [0.4, 0.5) is 0 Å². The highest BCUT2D eigenvalue weighted by atomic mass is 28.4. The molecule has 0 spiro atoms. The van der Waals surface area contributed by atoms with E-state index in [1.165, 1.54) is 5.56 Å². The van der Waals surface area contributed by atoms with Crippen LogP contribution in [0.25, 0.3) is 0 Å². The average Bonchev–Trinajstić information content (AvgIpc) is 3.06. The number of nitrogens with zero attached hydrogens (tertiary/aromatic N) is 1. The minimum absolute atomic E-state index is 0.155. The van der Waals surface area contributed by atoms with Gasteiger partial charge in [-0.3, -0.25) is 0 Å². The van der Waals surface area contributed by atoms with Crippen LogP contribution in [0.5, 0.6) is 0 Å². The number of hydrogen-bond donors (Lipinski definition) is 0. The fourth-order valence-corrected chi connectivity index (χ4v) is 4.99. The predicted molar refractivity (Wildman–Crippen MR) is 125 cm³/mol. The Labute approximate surface area is 183 Å². The molecule has 1 aromatic rings. The van der Waals surface area contributed by atoms with Crippen molar-refractivity contribution in [3.8, 4) is 0 Å². The van der Waals surface area contributed by atoms with Crippen molar-refractivity contribution >= 4 is 14.3 Å². The highest BCUT2D eigenvalue weighted by Crippen LogP contribution is 2.38. The first kappa shape index (κ1) is 22.8. The molecule has 4 nitrogen and oxygen atoms in total. The first-order valence-electron chi connectivity index (χ1n) is 11.2. The number of rotatable bonds is 8. The molecule has 0 N–H and O–H groups in total. The van der Waals surface area contributed by atoms with E-state index in [1.54, 1.807) is 0 Å². The quantitative estimate of drug-likeness (QED) is 0.407. The van der Waals surface area contributed by atoms with E-state index in [1.807, 2.05) is 6.08 Å². The van der Waals surface area contributed by atoms with Crippen molar-refractivity contribution in [1.29, 1.82) is 0 Å². The van der Waals surface area contributed by atoms with Crippen LogP contribution in [-0.4, -0.2) is 44.5 Å². The topological polar surface area (TPSA) is 38.8 Å². The third-order valence-corrected chi connectivity index (χ3v) is 11.3. The lowest BCUT2D eigenvalue weighted by Crippen LogP contribution is -2.50. The van der Waals surface area contributed by atoms with Crippen LogP contribution in [0.15, 0.2) is 53.8 Å². The largest absolute Gasteiger partial charge is 0.456 e. The molecule has 3 rings (SSSR count). The Morgan fingerprint density at radius 3 is 2.57 bits per heavy atom. The number of carbonyl (C=O) groups is 1. The number of hydrogen-bond acceptors (Lipinski definition) is 4. The Bertz CT molecular complexity index is 807. The van der Waals surface area contributed by atoms with Gasteiger partial charge in [-0.25, -0.2) is 4.79 Å². The monoisotopic (exact) mass is 427 g/mol. The zero-order valence-corrected chi connectivity index (χ0v) is 20.4. The summed E-state index contributed by atoms with van der Waals surface area (Å²) in [4.78, 5) is 14.7. The van der Waals surface area contributed by atoms with Gasteiger partial charge in [0, 0.05) is 6.04 Å². The normalized spacial score (nSPS) is 20.4. The van der Waals surface area contributed by atoms with Crippen LogP contribution in [0.2, 0.25) is 18.1 Å². The molecule has 2 atom stereocenters. The first-order valence-corrected chi connectivity index (χ1v) is 14.1. The average molecular weight is 428 g/mol. The second kappa shape index (κ2) is 9.11.